The fourth-order valence-electron chi connectivity index (χ4n) is 1.64. The third-order valence-electron chi connectivity index (χ3n) is 2.26. The second-order valence-electron chi connectivity index (χ2n) is 3.40. The van der Waals surface area contributed by atoms with Gasteiger partial charge in [0.05, 0.1) is 6.54 Å². The van der Waals surface area contributed by atoms with Crippen LogP contribution in [0.3, 0.4) is 0 Å². The lowest BCUT2D eigenvalue weighted by atomic mass is 9.92. The third kappa shape index (κ3) is 3.19. The summed E-state index contributed by atoms with van der Waals surface area (Å²) in [6, 6.07) is 0.565. The molecule has 0 aromatic heterocycles. The molecule has 0 aromatic rings. The zero-order valence-corrected chi connectivity index (χ0v) is 7.12. The van der Waals surface area contributed by atoms with Crippen molar-refractivity contribution in [3.63, 3.8) is 0 Å². The van der Waals surface area contributed by atoms with Gasteiger partial charge >= 0.3 is 5.97 Å². The van der Waals surface area contributed by atoms with E-state index in [1.54, 1.807) is 0 Å². The average Bonchev–Trinajstić information content (AvgIpc) is 2.01. The highest BCUT2D eigenvalue weighted by atomic mass is 16.4. The monoisotopic (exact) mass is 172 g/mol. The van der Waals surface area contributed by atoms with Gasteiger partial charge in [-0.1, -0.05) is 6.42 Å². The van der Waals surface area contributed by atoms with Gasteiger partial charge in [0, 0.05) is 12.1 Å². The van der Waals surface area contributed by atoms with Crippen LogP contribution in [0, 0.1) is 0 Å². The molecule has 0 heterocycles. The molecular formula is C8H16N2O2. The first-order valence-electron chi connectivity index (χ1n) is 4.39. The summed E-state index contributed by atoms with van der Waals surface area (Å²) in [7, 11) is 0. The third-order valence-corrected chi connectivity index (χ3v) is 2.26. The van der Waals surface area contributed by atoms with Crippen LogP contribution in [0.1, 0.15) is 25.7 Å². The minimum atomic E-state index is -0.797. The molecule has 4 heteroatoms. The summed E-state index contributed by atoms with van der Waals surface area (Å²) >= 11 is 0. The maximum Gasteiger partial charge on any atom is 0.317 e. The first kappa shape index (κ1) is 9.48. The van der Waals surface area contributed by atoms with Crippen molar-refractivity contribution in [1.29, 1.82) is 0 Å². The number of nitrogens with two attached hydrogens (primary N) is 1. The van der Waals surface area contributed by atoms with Crippen molar-refractivity contribution in [2.24, 2.45) is 5.73 Å². The van der Waals surface area contributed by atoms with E-state index in [9.17, 15) is 4.79 Å². The molecule has 0 amide bonds. The summed E-state index contributed by atoms with van der Waals surface area (Å²) in [5, 5.41) is 11.4. The number of carbonyl (C=O) groups is 1. The Morgan fingerprint density at radius 2 is 2.33 bits per heavy atom. The van der Waals surface area contributed by atoms with E-state index >= 15 is 0 Å². The molecule has 4 nitrogen and oxygen atoms in total. The quantitative estimate of drug-likeness (QED) is 0.557. The molecule has 2 unspecified atom stereocenters. The van der Waals surface area contributed by atoms with Crippen LogP contribution in [0.25, 0.3) is 0 Å². The van der Waals surface area contributed by atoms with Gasteiger partial charge in [0.25, 0.3) is 0 Å². The normalized spacial score (nSPS) is 30.1. The molecule has 1 fully saturated rings. The van der Waals surface area contributed by atoms with Crippen LogP contribution < -0.4 is 11.1 Å². The van der Waals surface area contributed by atoms with Crippen LogP contribution >= 0.6 is 0 Å². The van der Waals surface area contributed by atoms with Crippen molar-refractivity contribution in [3.8, 4) is 0 Å². The fourth-order valence-corrected chi connectivity index (χ4v) is 1.64. The lowest BCUT2D eigenvalue weighted by Crippen LogP contribution is -2.41. The molecule has 1 aliphatic rings. The standard InChI is InChI=1S/C8H16N2O2/c9-6-2-1-3-7(4-6)10-5-8(11)12/h6-7,10H,1-5,9H2,(H,11,12). The number of nitrogens with one attached hydrogen (secondary N) is 1. The molecule has 1 aliphatic carbocycles. The summed E-state index contributed by atoms with van der Waals surface area (Å²) in [5.74, 6) is -0.797. The molecule has 70 valence electrons. The van der Waals surface area contributed by atoms with E-state index in [2.05, 4.69) is 5.32 Å². The Morgan fingerprint density at radius 3 is 2.92 bits per heavy atom. The van der Waals surface area contributed by atoms with E-state index in [0.29, 0.717) is 6.04 Å². The Balaban J connectivity index is 2.18. The Morgan fingerprint density at radius 1 is 1.58 bits per heavy atom. The van der Waals surface area contributed by atoms with Crippen LogP contribution in [0.15, 0.2) is 0 Å². The molecule has 12 heavy (non-hydrogen) atoms. The molecular weight excluding hydrogens is 156 g/mol. The lowest BCUT2D eigenvalue weighted by molar-refractivity contribution is -0.136. The molecule has 0 aromatic carbocycles. The summed E-state index contributed by atoms with van der Waals surface area (Å²) in [6.45, 7) is 0.0530. The smallest absolute Gasteiger partial charge is 0.317 e. The van der Waals surface area contributed by atoms with Crippen LogP contribution in [0.5, 0.6) is 0 Å². The van der Waals surface area contributed by atoms with E-state index in [0.717, 1.165) is 25.7 Å². The van der Waals surface area contributed by atoms with Crippen molar-refractivity contribution >= 4 is 5.97 Å². The van der Waals surface area contributed by atoms with Crippen molar-refractivity contribution in [2.75, 3.05) is 6.54 Å². The van der Waals surface area contributed by atoms with Gasteiger partial charge in [0.15, 0.2) is 0 Å². The number of rotatable bonds is 3. The van der Waals surface area contributed by atoms with Gasteiger partial charge in [-0.05, 0) is 19.3 Å². The minimum absolute atomic E-state index is 0.0530. The Kier molecular flexibility index (Phi) is 3.49. The predicted octanol–water partition coefficient (Wildman–Crippen LogP) is -0.0695. The highest BCUT2D eigenvalue weighted by Crippen LogP contribution is 2.16. The van der Waals surface area contributed by atoms with Gasteiger partial charge < -0.3 is 16.2 Å². The average molecular weight is 172 g/mol. The van der Waals surface area contributed by atoms with Gasteiger partial charge in [-0.3, -0.25) is 4.79 Å². The Hall–Kier alpha value is -0.610. The highest BCUT2D eigenvalue weighted by Gasteiger charge is 2.18. The van der Waals surface area contributed by atoms with Gasteiger partial charge in [0.1, 0.15) is 0 Å². The van der Waals surface area contributed by atoms with Gasteiger partial charge in [-0.25, -0.2) is 0 Å². The number of hydrogen-bond donors (Lipinski definition) is 3. The fraction of sp³-hybridized carbons (Fsp3) is 0.875. The van der Waals surface area contributed by atoms with Crippen LogP contribution in [-0.4, -0.2) is 29.7 Å². The number of hydrogen-bond acceptors (Lipinski definition) is 3. The summed E-state index contributed by atoms with van der Waals surface area (Å²) in [4.78, 5) is 10.2. The van der Waals surface area contributed by atoms with E-state index in [1.165, 1.54) is 0 Å². The zero-order chi connectivity index (χ0) is 8.97. The number of aliphatic carboxylic acids is 1. The summed E-state index contributed by atoms with van der Waals surface area (Å²) < 4.78 is 0. The van der Waals surface area contributed by atoms with Crippen LogP contribution in [-0.2, 0) is 4.79 Å². The van der Waals surface area contributed by atoms with Crippen molar-refractivity contribution in [3.05, 3.63) is 0 Å². The SMILES string of the molecule is NC1CCCC(NCC(=O)O)C1. The van der Waals surface area contributed by atoms with Crippen LogP contribution in [0.2, 0.25) is 0 Å². The first-order valence-corrected chi connectivity index (χ1v) is 4.39. The van der Waals surface area contributed by atoms with E-state index in [4.69, 9.17) is 10.8 Å². The number of carboxylic acid groups (broad SMARTS) is 1. The Bertz CT molecular complexity index is 161. The van der Waals surface area contributed by atoms with Gasteiger partial charge in [0.2, 0.25) is 0 Å². The van der Waals surface area contributed by atoms with Crippen molar-refractivity contribution < 1.29 is 9.90 Å². The molecule has 0 saturated heterocycles. The lowest BCUT2D eigenvalue weighted by Gasteiger charge is -2.26. The van der Waals surface area contributed by atoms with Crippen molar-refractivity contribution in [1.82, 2.24) is 5.32 Å². The molecule has 0 radical (unpaired) electrons. The molecule has 0 bridgehead atoms. The van der Waals surface area contributed by atoms with E-state index in [-0.39, 0.29) is 12.6 Å². The zero-order valence-electron chi connectivity index (χ0n) is 7.12. The number of carboxylic acids is 1. The molecule has 4 N–H and O–H groups in total. The summed E-state index contributed by atoms with van der Waals surface area (Å²) in [5.41, 5.74) is 5.74. The molecule has 0 spiro atoms. The van der Waals surface area contributed by atoms with E-state index < -0.39 is 5.97 Å². The first-order chi connectivity index (χ1) is 5.68. The van der Waals surface area contributed by atoms with Gasteiger partial charge in [-0.2, -0.15) is 0 Å². The molecule has 2 atom stereocenters. The summed E-state index contributed by atoms with van der Waals surface area (Å²) in [6.07, 6.45) is 4.15. The second-order valence-corrected chi connectivity index (χ2v) is 3.40. The minimum Gasteiger partial charge on any atom is -0.480 e. The predicted molar refractivity (Wildman–Crippen MR) is 45.9 cm³/mol. The van der Waals surface area contributed by atoms with Crippen LogP contribution in [0.4, 0.5) is 0 Å². The van der Waals surface area contributed by atoms with E-state index in [1.807, 2.05) is 0 Å². The second kappa shape index (κ2) is 4.42. The molecule has 1 rings (SSSR count). The van der Waals surface area contributed by atoms with Gasteiger partial charge in [-0.15, -0.1) is 0 Å². The molecule has 1 saturated carbocycles. The highest BCUT2D eigenvalue weighted by molar-refractivity contribution is 5.69. The van der Waals surface area contributed by atoms with Crippen molar-refractivity contribution in [2.45, 2.75) is 37.8 Å². The Labute approximate surface area is 72.1 Å². The largest absolute Gasteiger partial charge is 0.480 e. The maximum atomic E-state index is 10.2. The maximum absolute atomic E-state index is 10.2. The topological polar surface area (TPSA) is 75.3 Å². The molecule has 0 aliphatic heterocycles.